The molecule has 0 aliphatic carbocycles. The second-order valence-corrected chi connectivity index (χ2v) is 4.97. The number of guanidine groups is 1. The fourth-order valence-corrected chi connectivity index (χ4v) is 1.80. The normalized spacial score (nSPS) is 12.1. The van der Waals surface area contributed by atoms with Gasteiger partial charge in [0, 0.05) is 38.4 Å². The Labute approximate surface area is 140 Å². The second-order valence-electron chi connectivity index (χ2n) is 4.97. The van der Waals surface area contributed by atoms with Crippen LogP contribution in [0.3, 0.4) is 0 Å². The zero-order chi connectivity index (χ0) is 17.8. The van der Waals surface area contributed by atoms with Crippen LogP contribution in [0.2, 0.25) is 0 Å². The molecule has 0 aliphatic rings. The van der Waals surface area contributed by atoms with Crippen LogP contribution in [0, 0.1) is 0 Å². The van der Waals surface area contributed by atoms with Gasteiger partial charge in [0.15, 0.2) is 5.96 Å². The molecule has 0 aliphatic heterocycles. The molecule has 1 aromatic rings. The zero-order valence-electron chi connectivity index (χ0n) is 13.9. The first-order chi connectivity index (χ1) is 11.4. The van der Waals surface area contributed by atoms with Gasteiger partial charge in [-0.1, -0.05) is 6.07 Å². The number of benzene rings is 1. The van der Waals surface area contributed by atoms with Gasteiger partial charge in [-0.25, -0.2) is 0 Å². The molecule has 0 heterocycles. The van der Waals surface area contributed by atoms with Crippen molar-refractivity contribution in [3.8, 4) is 5.75 Å². The third-order valence-electron chi connectivity index (χ3n) is 2.87. The molecule has 1 aromatic carbocycles. The largest absolute Gasteiger partial charge is 0.493 e. The summed E-state index contributed by atoms with van der Waals surface area (Å²) in [6.07, 6.45) is -4.39. The van der Waals surface area contributed by atoms with Crippen molar-refractivity contribution in [1.29, 1.82) is 0 Å². The zero-order valence-corrected chi connectivity index (χ0v) is 13.9. The SMILES string of the molecule is CCNC(=NCCC(F)(F)F)Nc1cccc(OCCCOC)c1. The van der Waals surface area contributed by atoms with Crippen LogP contribution in [0.4, 0.5) is 18.9 Å². The Hall–Kier alpha value is -1.96. The van der Waals surface area contributed by atoms with Crippen LogP contribution in [0.5, 0.6) is 5.75 Å². The first kappa shape index (κ1) is 20.1. The third-order valence-corrected chi connectivity index (χ3v) is 2.87. The molecule has 0 unspecified atom stereocenters. The smallest absolute Gasteiger partial charge is 0.390 e. The molecule has 0 saturated heterocycles. The minimum Gasteiger partial charge on any atom is -0.493 e. The Morgan fingerprint density at radius 3 is 2.71 bits per heavy atom. The lowest BCUT2D eigenvalue weighted by Gasteiger charge is -2.13. The van der Waals surface area contributed by atoms with Crippen LogP contribution in [0.25, 0.3) is 0 Å². The molecule has 0 saturated carbocycles. The number of alkyl halides is 3. The van der Waals surface area contributed by atoms with E-state index in [0.29, 0.717) is 37.2 Å². The van der Waals surface area contributed by atoms with Crippen LogP contribution in [0.1, 0.15) is 19.8 Å². The Morgan fingerprint density at radius 2 is 2.04 bits per heavy atom. The van der Waals surface area contributed by atoms with Crippen LogP contribution in [-0.2, 0) is 4.74 Å². The molecule has 0 radical (unpaired) electrons. The van der Waals surface area contributed by atoms with E-state index in [9.17, 15) is 13.2 Å². The monoisotopic (exact) mass is 347 g/mol. The highest BCUT2D eigenvalue weighted by molar-refractivity contribution is 5.93. The number of rotatable bonds is 9. The number of hydrogen-bond donors (Lipinski definition) is 2. The number of methoxy groups -OCH3 is 1. The lowest BCUT2D eigenvalue weighted by atomic mass is 10.3. The molecule has 1 rings (SSSR count). The highest BCUT2D eigenvalue weighted by atomic mass is 19.4. The van der Waals surface area contributed by atoms with Crippen molar-refractivity contribution in [3.05, 3.63) is 24.3 Å². The third kappa shape index (κ3) is 9.24. The Bertz CT molecular complexity index is 508. The summed E-state index contributed by atoms with van der Waals surface area (Å²) in [5.41, 5.74) is 0.686. The minimum atomic E-state index is -4.21. The topological polar surface area (TPSA) is 54.9 Å². The van der Waals surface area contributed by atoms with Crippen molar-refractivity contribution in [2.75, 3.05) is 38.7 Å². The van der Waals surface area contributed by atoms with Gasteiger partial charge in [-0.2, -0.15) is 13.2 Å². The standard InChI is InChI=1S/C16H24F3N3O2/c1-3-20-15(21-9-8-16(17,18)19)22-13-6-4-7-14(12-13)24-11-5-10-23-2/h4,6-7,12H,3,5,8-11H2,1-2H3,(H2,20,21,22). The molecule has 0 atom stereocenters. The number of nitrogens with zero attached hydrogens (tertiary/aromatic N) is 1. The first-order valence-corrected chi connectivity index (χ1v) is 7.78. The number of hydrogen-bond acceptors (Lipinski definition) is 3. The number of nitrogens with one attached hydrogen (secondary N) is 2. The number of ether oxygens (including phenoxy) is 2. The fraction of sp³-hybridized carbons (Fsp3) is 0.562. The van der Waals surface area contributed by atoms with E-state index in [-0.39, 0.29) is 6.54 Å². The quantitative estimate of drug-likeness (QED) is 0.408. The summed E-state index contributed by atoms with van der Waals surface area (Å²) < 4.78 is 47.2. The maximum absolute atomic E-state index is 12.2. The summed E-state index contributed by atoms with van der Waals surface area (Å²) in [5.74, 6) is 0.973. The molecule has 8 heteroatoms. The van der Waals surface area contributed by atoms with Gasteiger partial charge in [0.05, 0.1) is 19.6 Å². The Morgan fingerprint density at radius 1 is 1.25 bits per heavy atom. The first-order valence-electron chi connectivity index (χ1n) is 7.78. The molecule has 0 bridgehead atoms. The molecule has 0 amide bonds. The molecular weight excluding hydrogens is 323 g/mol. The molecule has 2 N–H and O–H groups in total. The molecule has 136 valence electrons. The van der Waals surface area contributed by atoms with E-state index >= 15 is 0 Å². The Kier molecular flexibility index (Phi) is 8.99. The van der Waals surface area contributed by atoms with E-state index < -0.39 is 12.6 Å². The van der Waals surface area contributed by atoms with Crippen molar-refractivity contribution in [3.63, 3.8) is 0 Å². The van der Waals surface area contributed by atoms with Gasteiger partial charge in [0.25, 0.3) is 0 Å². The molecule has 0 fully saturated rings. The minimum absolute atomic E-state index is 0.304. The maximum atomic E-state index is 12.2. The van der Waals surface area contributed by atoms with Gasteiger partial charge < -0.3 is 20.1 Å². The van der Waals surface area contributed by atoms with Gasteiger partial charge >= 0.3 is 6.18 Å². The van der Waals surface area contributed by atoms with Gasteiger partial charge in [-0.05, 0) is 19.1 Å². The average molecular weight is 347 g/mol. The van der Waals surface area contributed by atoms with Crippen LogP contribution < -0.4 is 15.4 Å². The molecular formula is C16H24F3N3O2. The van der Waals surface area contributed by atoms with Gasteiger partial charge in [-0.15, -0.1) is 0 Å². The van der Waals surface area contributed by atoms with Crippen molar-refractivity contribution in [2.24, 2.45) is 4.99 Å². The van der Waals surface area contributed by atoms with Crippen LogP contribution in [-0.4, -0.2) is 45.5 Å². The summed E-state index contributed by atoms with van der Waals surface area (Å²) >= 11 is 0. The number of anilines is 1. The molecule has 0 aromatic heterocycles. The summed E-state index contributed by atoms with van der Waals surface area (Å²) in [4.78, 5) is 3.93. The Balaban J connectivity index is 2.60. The van der Waals surface area contributed by atoms with Gasteiger partial charge in [-0.3, -0.25) is 4.99 Å². The van der Waals surface area contributed by atoms with Gasteiger partial charge in [0.1, 0.15) is 5.75 Å². The summed E-state index contributed by atoms with van der Waals surface area (Å²) in [6.45, 7) is 3.21. The summed E-state index contributed by atoms with van der Waals surface area (Å²) in [7, 11) is 1.63. The lowest BCUT2D eigenvalue weighted by Crippen LogP contribution is -2.31. The van der Waals surface area contributed by atoms with Crippen LogP contribution >= 0.6 is 0 Å². The highest BCUT2D eigenvalue weighted by Crippen LogP contribution is 2.19. The van der Waals surface area contributed by atoms with E-state index in [1.165, 1.54) is 0 Å². The number of halogens is 3. The fourth-order valence-electron chi connectivity index (χ4n) is 1.80. The van der Waals surface area contributed by atoms with Crippen molar-refractivity contribution >= 4 is 11.6 Å². The van der Waals surface area contributed by atoms with Crippen LogP contribution in [0.15, 0.2) is 29.3 Å². The van der Waals surface area contributed by atoms with E-state index in [1.807, 2.05) is 13.0 Å². The van der Waals surface area contributed by atoms with Crippen molar-refractivity contribution in [1.82, 2.24) is 5.32 Å². The lowest BCUT2D eigenvalue weighted by molar-refractivity contribution is -0.132. The van der Waals surface area contributed by atoms with Crippen molar-refractivity contribution < 1.29 is 22.6 Å². The van der Waals surface area contributed by atoms with E-state index in [0.717, 1.165) is 6.42 Å². The predicted molar refractivity (Wildman–Crippen MR) is 88.7 cm³/mol. The maximum Gasteiger partial charge on any atom is 0.390 e. The van der Waals surface area contributed by atoms with E-state index in [1.54, 1.807) is 25.3 Å². The number of aliphatic imine (C=N–C) groups is 1. The van der Waals surface area contributed by atoms with Crippen molar-refractivity contribution in [2.45, 2.75) is 25.9 Å². The summed E-state index contributed by atoms with van der Waals surface area (Å²) in [6, 6.07) is 7.17. The molecule has 0 spiro atoms. The van der Waals surface area contributed by atoms with Gasteiger partial charge in [0.2, 0.25) is 0 Å². The average Bonchev–Trinajstić information content (AvgIpc) is 2.51. The molecule has 24 heavy (non-hydrogen) atoms. The highest BCUT2D eigenvalue weighted by Gasteiger charge is 2.26. The van der Waals surface area contributed by atoms with E-state index in [2.05, 4.69) is 15.6 Å². The second kappa shape index (κ2) is 10.7. The molecule has 5 nitrogen and oxygen atoms in total. The summed E-state index contributed by atoms with van der Waals surface area (Å²) in [5, 5.41) is 5.89. The van der Waals surface area contributed by atoms with E-state index in [4.69, 9.17) is 9.47 Å². The predicted octanol–water partition coefficient (Wildman–Crippen LogP) is 3.43.